The Labute approximate surface area is 111 Å². The summed E-state index contributed by atoms with van der Waals surface area (Å²) in [6.45, 7) is 2.87. The normalized spacial score (nSPS) is 19.7. The predicted octanol–water partition coefficient (Wildman–Crippen LogP) is 3.40. The minimum atomic E-state index is -0.109. The van der Waals surface area contributed by atoms with Gasteiger partial charge in [0.2, 0.25) is 0 Å². The molecule has 0 aliphatic carbocycles. The number of hydrogen-bond acceptors (Lipinski definition) is 2. The smallest absolute Gasteiger partial charge is 0.274 e. The monoisotopic (exact) mass is 272 g/mol. The van der Waals surface area contributed by atoms with Crippen LogP contribution < -0.4 is 0 Å². The van der Waals surface area contributed by atoms with Crippen LogP contribution in [-0.2, 0) is 0 Å². The number of carbonyl (C=O) groups excluding carboxylic acids is 1. The molecule has 1 aliphatic heterocycles. The lowest BCUT2D eigenvalue weighted by molar-refractivity contribution is 0.0728. The third-order valence-electron chi connectivity index (χ3n) is 3.12. The number of carbonyl (C=O) groups is 1. The molecule has 0 N–H and O–H groups in total. The van der Waals surface area contributed by atoms with E-state index in [2.05, 4.69) is 11.9 Å². The molecule has 0 saturated carbocycles. The molecule has 0 bridgehead atoms. The third-order valence-corrected chi connectivity index (χ3v) is 3.64. The number of hydrogen-bond donors (Lipinski definition) is 0. The Bertz CT molecular complexity index is 437. The SMILES string of the molecule is CCC1CCCN1C(=O)c1nc(Cl)ccc1Cl. The number of rotatable bonds is 2. The summed E-state index contributed by atoms with van der Waals surface area (Å²) in [4.78, 5) is 18.2. The van der Waals surface area contributed by atoms with Crippen LogP contribution in [0.25, 0.3) is 0 Å². The quantitative estimate of drug-likeness (QED) is 0.774. The molecule has 17 heavy (non-hydrogen) atoms. The highest BCUT2D eigenvalue weighted by Gasteiger charge is 2.29. The van der Waals surface area contributed by atoms with Crippen LogP contribution in [0.2, 0.25) is 10.2 Å². The Morgan fingerprint density at radius 1 is 1.53 bits per heavy atom. The van der Waals surface area contributed by atoms with Crippen LogP contribution >= 0.6 is 23.2 Å². The maximum Gasteiger partial charge on any atom is 0.274 e. The van der Waals surface area contributed by atoms with Gasteiger partial charge in [0.15, 0.2) is 0 Å². The number of amides is 1. The second kappa shape index (κ2) is 5.23. The Balaban J connectivity index is 2.27. The maximum absolute atomic E-state index is 12.3. The van der Waals surface area contributed by atoms with E-state index in [9.17, 15) is 4.79 Å². The largest absolute Gasteiger partial charge is 0.334 e. The standard InChI is InChI=1S/C12H14Cl2N2O/c1-2-8-4-3-7-16(8)12(17)11-9(13)5-6-10(14)15-11/h5-6,8H,2-4,7H2,1H3. The van der Waals surface area contributed by atoms with Crippen molar-refractivity contribution < 1.29 is 4.79 Å². The molecule has 2 heterocycles. The second-order valence-electron chi connectivity index (χ2n) is 4.17. The molecular weight excluding hydrogens is 259 g/mol. The van der Waals surface area contributed by atoms with Gasteiger partial charge in [-0.15, -0.1) is 0 Å². The summed E-state index contributed by atoms with van der Waals surface area (Å²) >= 11 is 11.8. The molecule has 1 aromatic rings. The van der Waals surface area contributed by atoms with Crippen LogP contribution in [0.4, 0.5) is 0 Å². The fourth-order valence-corrected chi connectivity index (χ4v) is 2.57. The number of nitrogens with zero attached hydrogens (tertiary/aromatic N) is 2. The van der Waals surface area contributed by atoms with E-state index in [1.165, 1.54) is 0 Å². The van der Waals surface area contributed by atoms with Crippen LogP contribution in [0.3, 0.4) is 0 Å². The zero-order chi connectivity index (χ0) is 12.4. The molecule has 1 unspecified atom stereocenters. The molecule has 1 fully saturated rings. The Morgan fingerprint density at radius 2 is 2.29 bits per heavy atom. The fourth-order valence-electron chi connectivity index (χ4n) is 2.23. The van der Waals surface area contributed by atoms with Crippen LogP contribution in [0, 0.1) is 0 Å². The van der Waals surface area contributed by atoms with Crippen molar-refractivity contribution in [3.63, 3.8) is 0 Å². The van der Waals surface area contributed by atoms with Gasteiger partial charge in [0.1, 0.15) is 10.8 Å². The highest BCUT2D eigenvalue weighted by molar-refractivity contribution is 6.34. The average Bonchev–Trinajstić information content (AvgIpc) is 2.79. The summed E-state index contributed by atoms with van der Waals surface area (Å²) in [5.74, 6) is -0.109. The van der Waals surface area contributed by atoms with Gasteiger partial charge in [-0.3, -0.25) is 4.79 Å². The molecular formula is C12H14Cl2N2O. The lowest BCUT2D eigenvalue weighted by Crippen LogP contribution is -2.35. The van der Waals surface area contributed by atoms with Gasteiger partial charge in [0, 0.05) is 12.6 Å². The van der Waals surface area contributed by atoms with Crippen LogP contribution in [0.15, 0.2) is 12.1 Å². The molecule has 0 spiro atoms. The van der Waals surface area contributed by atoms with Crippen molar-refractivity contribution in [3.8, 4) is 0 Å². The highest BCUT2D eigenvalue weighted by Crippen LogP contribution is 2.25. The average molecular weight is 273 g/mol. The number of aromatic nitrogens is 1. The first-order chi connectivity index (χ1) is 8.13. The molecule has 1 aliphatic rings. The van der Waals surface area contributed by atoms with Crippen molar-refractivity contribution in [1.29, 1.82) is 0 Å². The molecule has 1 amide bonds. The summed E-state index contributed by atoms with van der Waals surface area (Å²) in [6, 6.07) is 3.50. The maximum atomic E-state index is 12.3. The summed E-state index contributed by atoms with van der Waals surface area (Å²) < 4.78 is 0. The van der Waals surface area contributed by atoms with Gasteiger partial charge in [-0.25, -0.2) is 4.98 Å². The number of halogens is 2. The molecule has 1 saturated heterocycles. The number of pyridine rings is 1. The lowest BCUT2D eigenvalue weighted by Gasteiger charge is -2.23. The molecule has 3 nitrogen and oxygen atoms in total. The number of likely N-dealkylation sites (tertiary alicyclic amines) is 1. The van der Waals surface area contributed by atoms with E-state index in [-0.39, 0.29) is 11.6 Å². The lowest BCUT2D eigenvalue weighted by atomic mass is 10.1. The van der Waals surface area contributed by atoms with E-state index >= 15 is 0 Å². The fraction of sp³-hybridized carbons (Fsp3) is 0.500. The first-order valence-electron chi connectivity index (χ1n) is 5.76. The summed E-state index contributed by atoms with van der Waals surface area (Å²) in [5, 5.41) is 0.658. The summed E-state index contributed by atoms with van der Waals surface area (Å²) in [7, 11) is 0. The van der Waals surface area contributed by atoms with Gasteiger partial charge in [-0.1, -0.05) is 30.1 Å². The van der Waals surface area contributed by atoms with Gasteiger partial charge >= 0.3 is 0 Å². The Hall–Kier alpha value is -0.800. The third kappa shape index (κ3) is 2.55. The van der Waals surface area contributed by atoms with Crippen molar-refractivity contribution in [3.05, 3.63) is 28.0 Å². The van der Waals surface area contributed by atoms with E-state index < -0.39 is 0 Å². The molecule has 92 valence electrons. The first kappa shape index (κ1) is 12.7. The molecule has 0 aromatic carbocycles. The van der Waals surface area contributed by atoms with E-state index in [1.807, 2.05) is 4.90 Å². The molecule has 1 atom stereocenters. The van der Waals surface area contributed by atoms with Gasteiger partial charge in [-0.05, 0) is 31.4 Å². The van der Waals surface area contributed by atoms with Gasteiger partial charge in [-0.2, -0.15) is 0 Å². The van der Waals surface area contributed by atoms with Crippen LogP contribution in [-0.4, -0.2) is 28.4 Å². The van der Waals surface area contributed by atoms with Crippen LogP contribution in [0.5, 0.6) is 0 Å². The molecule has 5 heteroatoms. The van der Waals surface area contributed by atoms with Crippen LogP contribution in [0.1, 0.15) is 36.7 Å². The molecule has 0 radical (unpaired) electrons. The van der Waals surface area contributed by atoms with Crippen molar-refractivity contribution in [2.45, 2.75) is 32.2 Å². The van der Waals surface area contributed by atoms with E-state index in [4.69, 9.17) is 23.2 Å². The van der Waals surface area contributed by atoms with Crippen molar-refractivity contribution >= 4 is 29.1 Å². The molecule has 1 aromatic heterocycles. The summed E-state index contributed by atoms with van der Waals surface area (Å²) in [6.07, 6.45) is 3.06. The Kier molecular flexibility index (Phi) is 3.89. The zero-order valence-electron chi connectivity index (χ0n) is 9.62. The van der Waals surface area contributed by atoms with E-state index in [1.54, 1.807) is 12.1 Å². The van der Waals surface area contributed by atoms with Gasteiger partial charge in [0.05, 0.1) is 5.02 Å². The predicted molar refractivity (Wildman–Crippen MR) is 68.6 cm³/mol. The second-order valence-corrected chi connectivity index (χ2v) is 4.96. The molecule has 2 rings (SSSR count). The van der Waals surface area contributed by atoms with Crippen molar-refractivity contribution in [2.24, 2.45) is 0 Å². The van der Waals surface area contributed by atoms with Crippen molar-refractivity contribution in [2.75, 3.05) is 6.54 Å². The highest BCUT2D eigenvalue weighted by atomic mass is 35.5. The van der Waals surface area contributed by atoms with Crippen molar-refractivity contribution in [1.82, 2.24) is 9.88 Å². The van der Waals surface area contributed by atoms with E-state index in [0.29, 0.717) is 16.2 Å². The first-order valence-corrected chi connectivity index (χ1v) is 6.52. The minimum Gasteiger partial charge on any atom is -0.334 e. The Morgan fingerprint density at radius 3 is 3.00 bits per heavy atom. The minimum absolute atomic E-state index is 0.109. The van der Waals surface area contributed by atoms with Gasteiger partial charge in [0.25, 0.3) is 5.91 Å². The van der Waals surface area contributed by atoms with Gasteiger partial charge < -0.3 is 4.90 Å². The zero-order valence-corrected chi connectivity index (χ0v) is 11.1. The van der Waals surface area contributed by atoms with E-state index in [0.717, 1.165) is 25.8 Å². The topological polar surface area (TPSA) is 33.2 Å². The summed E-state index contributed by atoms with van der Waals surface area (Å²) in [5.41, 5.74) is 0.263.